The minimum absolute atomic E-state index is 0. The minimum Gasteiger partial charge on any atom is -0.348 e. The molecule has 0 spiro atoms. The van der Waals surface area contributed by atoms with Crippen molar-refractivity contribution in [1.82, 2.24) is 5.32 Å². The van der Waals surface area contributed by atoms with Crippen LogP contribution in [0.4, 0.5) is 5.69 Å². The van der Waals surface area contributed by atoms with Crippen LogP contribution in [0.2, 0.25) is 0 Å². The Labute approximate surface area is 123 Å². The fourth-order valence-electron chi connectivity index (χ4n) is 2.18. The van der Waals surface area contributed by atoms with Gasteiger partial charge in [0, 0.05) is 29.8 Å². The molecule has 110 valence electrons. The molecule has 7 heteroatoms. The lowest BCUT2D eigenvalue weighted by molar-refractivity contribution is -0.385. The third kappa shape index (κ3) is 3.46. The molecule has 1 unspecified atom stereocenters. The van der Waals surface area contributed by atoms with Crippen molar-refractivity contribution in [3.63, 3.8) is 0 Å². The van der Waals surface area contributed by atoms with Crippen LogP contribution in [0.3, 0.4) is 0 Å². The summed E-state index contributed by atoms with van der Waals surface area (Å²) < 4.78 is 0. The third-order valence-electron chi connectivity index (χ3n) is 3.51. The summed E-state index contributed by atoms with van der Waals surface area (Å²) in [7, 11) is 0. The van der Waals surface area contributed by atoms with Gasteiger partial charge >= 0.3 is 0 Å². The van der Waals surface area contributed by atoms with Gasteiger partial charge in [0.05, 0.1) is 4.92 Å². The van der Waals surface area contributed by atoms with Crippen LogP contribution in [0.1, 0.15) is 28.8 Å². The van der Waals surface area contributed by atoms with Crippen LogP contribution in [-0.2, 0) is 0 Å². The number of carbonyl (C=O) groups excluding carboxylic acids is 1. The normalized spacial score (nSPS) is 15.1. The highest BCUT2D eigenvalue weighted by Gasteiger charge is 2.32. The second kappa shape index (κ2) is 6.67. The van der Waals surface area contributed by atoms with Crippen LogP contribution in [0.15, 0.2) is 18.2 Å². The van der Waals surface area contributed by atoms with Gasteiger partial charge < -0.3 is 11.1 Å². The topological polar surface area (TPSA) is 98.3 Å². The van der Waals surface area contributed by atoms with Gasteiger partial charge in [-0.05, 0) is 31.7 Å². The molecule has 0 bridgehead atoms. The van der Waals surface area contributed by atoms with E-state index in [1.54, 1.807) is 13.0 Å². The summed E-state index contributed by atoms with van der Waals surface area (Å²) in [4.78, 5) is 22.5. The number of hydrogen-bond donors (Lipinski definition) is 2. The SMILES string of the molecule is Cc1c(C(=O)NC(CN)C2CC2)cccc1[N+](=O)[O-].Cl. The first-order chi connectivity index (χ1) is 9.04. The maximum Gasteiger partial charge on any atom is 0.273 e. The molecule has 1 saturated carbocycles. The predicted octanol–water partition coefficient (Wildman–Crippen LogP) is 1.79. The highest BCUT2D eigenvalue weighted by Crippen LogP contribution is 2.32. The average molecular weight is 300 g/mol. The summed E-state index contributed by atoms with van der Waals surface area (Å²) in [5.74, 6) is 0.163. The molecule has 1 fully saturated rings. The van der Waals surface area contributed by atoms with Crippen molar-refractivity contribution in [2.24, 2.45) is 11.7 Å². The molecule has 1 aliphatic carbocycles. The van der Waals surface area contributed by atoms with Crippen LogP contribution in [0.5, 0.6) is 0 Å². The summed E-state index contributed by atoms with van der Waals surface area (Å²) >= 11 is 0. The molecule has 0 saturated heterocycles. The van der Waals surface area contributed by atoms with Crippen LogP contribution in [0.25, 0.3) is 0 Å². The van der Waals surface area contributed by atoms with Crippen LogP contribution < -0.4 is 11.1 Å². The number of carbonyl (C=O) groups is 1. The van der Waals surface area contributed by atoms with Gasteiger partial charge in [-0.15, -0.1) is 12.4 Å². The number of nitrogens with zero attached hydrogens (tertiary/aromatic N) is 1. The van der Waals surface area contributed by atoms with Crippen molar-refractivity contribution in [1.29, 1.82) is 0 Å². The quantitative estimate of drug-likeness (QED) is 0.639. The van der Waals surface area contributed by atoms with Crippen LogP contribution in [0, 0.1) is 23.0 Å². The Bertz CT molecular complexity index is 518. The molecule has 1 atom stereocenters. The molecule has 0 aromatic heterocycles. The molecule has 6 nitrogen and oxygen atoms in total. The maximum absolute atomic E-state index is 12.2. The lowest BCUT2D eigenvalue weighted by atomic mass is 10.1. The molecule has 1 aromatic carbocycles. The van der Waals surface area contributed by atoms with E-state index in [1.807, 2.05) is 0 Å². The van der Waals surface area contributed by atoms with Gasteiger partial charge in [-0.25, -0.2) is 0 Å². The first-order valence-corrected chi connectivity index (χ1v) is 6.29. The summed E-state index contributed by atoms with van der Waals surface area (Å²) in [5, 5.41) is 13.7. The number of halogens is 1. The monoisotopic (exact) mass is 299 g/mol. The molecule has 1 aliphatic rings. The smallest absolute Gasteiger partial charge is 0.273 e. The fourth-order valence-corrected chi connectivity index (χ4v) is 2.18. The first-order valence-electron chi connectivity index (χ1n) is 6.29. The fraction of sp³-hybridized carbons (Fsp3) is 0.462. The molecule has 1 aromatic rings. The molecular weight excluding hydrogens is 282 g/mol. The summed E-state index contributed by atoms with van der Waals surface area (Å²) in [6, 6.07) is 4.48. The standard InChI is InChI=1S/C13H17N3O3.ClH/c1-8-10(3-2-4-12(8)16(18)19)13(17)15-11(7-14)9-5-6-9;/h2-4,9,11H,5-7,14H2,1H3,(H,15,17);1H. The van der Waals surface area contributed by atoms with Crippen molar-refractivity contribution in [3.05, 3.63) is 39.4 Å². The number of rotatable bonds is 5. The van der Waals surface area contributed by atoms with E-state index >= 15 is 0 Å². The number of nitrogens with one attached hydrogen (secondary N) is 1. The van der Waals surface area contributed by atoms with Crippen LogP contribution in [-0.4, -0.2) is 23.4 Å². The van der Waals surface area contributed by atoms with Crippen molar-refractivity contribution < 1.29 is 9.72 Å². The summed E-state index contributed by atoms with van der Waals surface area (Å²) in [5.41, 5.74) is 6.32. The number of amides is 1. The second-order valence-electron chi connectivity index (χ2n) is 4.86. The van der Waals surface area contributed by atoms with Crippen molar-refractivity contribution in [2.75, 3.05) is 6.54 Å². The van der Waals surface area contributed by atoms with Gasteiger partial charge in [0.2, 0.25) is 0 Å². The Kier molecular flexibility index (Phi) is 5.47. The zero-order chi connectivity index (χ0) is 14.0. The summed E-state index contributed by atoms with van der Waals surface area (Å²) in [6.45, 7) is 1.98. The molecule has 20 heavy (non-hydrogen) atoms. The molecule has 3 N–H and O–H groups in total. The predicted molar refractivity (Wildman–Crippen MR) is 78.1 cm³/mol. The molecule has 2 rings (SSSR count). The average Bonchev–Trinajstić information content (AvgIpc) is 3.19. The van der Waals surface area contributed by atoms with Gasteiger partial charge in [0.15, 0.2) is 0 Å². The number of hydrogen-bond acceptors (Lipinski definition) is 4. The van der Waals surface area contributed by atoms with Gasteiger partial charge in [-0.2, -0.15) is 0 Å². The Morgan fingerprint density at radius 3 is 2.70 bits per heavy atom. The Morgan fingerprint density at radius 2 is 2.20 bits per heavy atom. The number of nitro benzene ring substituents is 1. The van der Waals surface area contributed by atoms with Crippen molar-refractivity contribution >= 4 is 24.0 Å². The molecule has 1 amide bonds. The third-order valence-corrected chi connectivity index (χ3v) is 3.51. The molecule has 0 radical (unpaired) electrons. The largest absolute Gasteiger partial charge is 0.348 e. The number of nitrogens with two attached hydrogens (primary N) is 1. The Hall–Kier alpha value is -1.66. The van der Waals surface area contributed by atoms with Gasteiger partial charge in [-0.1, -0.05) is 6.07 Å². The Morgan fingerprint density at radius 1 is 1.55 bits per heavy atom. The van der Waals surface area contributed by atoms with Gasteiger partial charge in [-0.3, -0.25) is 14.9 Å². The van der Waals surface area contributed by atoms with E-state index in [1.165, 1.54) is 12.1 Å². The van der Waals surface area contributed by atoms with Gasteiger partial charge in [0.25, 0.3) is 11.6 Å². The lowest BCUT2D eigenvalue weighted by Crippen LogP contribution is -2.42. The van der Waals surface area contributed by atoms with Crippen molar-refractivity contribution in [3.8, 4) is 0 Å². The lowest BCUT2D eigenvalue weighted by Gasteiger charge is -2.16. The number of nitro groups is 1. The van der Waals surface area contributed by atoms with E-state index in [9.17, 15) is 14.9 Å². The van der Waals surface area contributed by atoms with E-state index in [2.05, 4.69) is 5.32 Å². The van der Waals surface area contributed by atoms with Gasteiger partial charge in [0.1, 0.15) is 0 Å². The summed E-state index contributed by atoms with van der Waals surface area (Å²) in [6.07, 6.45) is 2.16. The molecular formula is C13H18ClN3O3. The molecule has 0 aliphatic heterocycles. The minimum atomic E-state index is -0.479. The van der Waals surface area contributed by atoms with E-state index < -0.39 is 4.92 Å². The highest BCUT2D eigenvalue weighted by molar-refractivity contribution is 5.96. The van der Waals surface area contributed by atoms with E-state index in [-0.39, 0.29) is 30.0 Å². The number of benzene rings is 1. The van der Waals surface area contributed by atoms with E-state index in [4.69, 9.17) is 5.73 Å². The Balaban J connectivity index is 0.00000200. The maximum atomic E-state index is 12.2. The highest BCUT2D eigenvalue weighted by atomic mass is 35.5. The van der Waals surface area contributed by atoms with E-state index in [0.29, 0.717) is 23.6 Å². The zero-order valence-electron chi connectivity index (χ0n) is 11.2. The van der Waals surface area contributed by atoms with E-state index in [0.717, 1.165) is 12.8 Å². The first kappa shape index (κ1) is 16.4. The van der Waals surface area contributed by atoms with Crippen LogP contribution >= 0.6 is 12.4 Å². The zero-order valence-corrected chi connectivity index (χ0v) is 12.0. The van der Waals surface area contributed by atoms with Crippen molar-refractivity contribution in [2.45, 2.75) is 25.8 Å². The molecule has 0 heterocycles. The second-order valence-corrected chi connectivity index (χ2v) is 4.86.